The summed E-state index contributed by atoms with van der Waals surface area (Å²) in [5, 5.41) is 0.718. The third-order valence-electron chi connectivity index (χ3n) is 3.33. The Bertz CT molecular complexity index is 759. The molecule has 1 heterocycles. The summed E-state index contributed by atoms with van der Waals surface area (Å²) in [4.78, 5) is 12.5. The summed E-state index contributed by atoms with van der Waals surface area (Å²) in [6.45, 7) is 12.5. The first-order valence-corrected chi connectivity index (χ1v) is 6.64. The Labute approximate surface area is 119 Å². The number of allylic oxidation sites excluding steroid dienone is 2. The normalized spacial score (nSPS) is 10.3. The first-order chi connectivity index (χ1) is 9.60. The molecule has 0 bridgehead atoms. The Hall–Kier alpha value is -2.35. The second-order valence-electron chi connectivity index (χ2n) is 4.95. The number of aromatic nitrogens is 1. The van der Waals surface area contributed by atoms with E-state index in [9.17, 15) is 4.79 Å². The fraction of sp³-hybridized carbons (Fsp3) is 0.167. The van der Waals surface area contributed by atoms with Crippen LogP contribution in [-0.4, -0.2) is 4.57 Å². The van der Waals surface area contributed by atoms with Crippen molar-refractivity contribution >= 4 is 23.1 Å². The quantitative estimate of drug-likeness (QED) is 0.757. The predicted molar refractivity (Wildman–Crippen MR) is 87.8 cm³/mol. The van der Waals surface area contributed by atoms with Gasteiger partial charge in [-0.25, -0.2) is 0 Å². The lowest BCUT2D eigenvalue weighted by Gasteiger charge is -2.16. The summed E-state index contributed by atoms with van der Waals surface area (Å²) >= 11 is 0. The van der Waals surface area contributed by atoms with E-state index in [1.54, 1.807) is 12.2 Å². The molecule has 1 aromatic carbocycles. The molecule has 0 N–H and O–H groups in total. The zero-order valence-corrected chi connectivity index (χ0v) is 12.0. The first kappa shape index (κ1) is 14.1. The second kappa shape index (κ2) is 5.74. The number of fused-ring (bicyclic) bond motifs is 1. The van der Waals surface area contributed by atoms with Crippen LogP contribution in [0.5, 0.6) is 0 Å². The SMILES string of the molecule is C=Cc1c(C=C)n(CC=C(C)C)c2ccccc2c1=O. The minimum atomic E-state index is 0.0129. The molecule has 2 heteroatoms. The molecule has 2 aromatic rings. The molecule has 0 radical (unpaired) electrons. The van der Waals surface area contributed by atoms with Crippen molar-refractivity contribution in [3.8, 4) is 0 Å². The summed E-state index contributed by atoms with van der Waals surface area (Å²) < 4.78 is 2.10. The Morgan fingerprint density at radius 3 is 2.50 bits per heavy atom. The Kier molecular flexibility index (Phi) is 4.04. The van der Waals surface area contributed by atoms with Crippen LogP contribution in [0, 0.1) is 0 Å². The van der Waals surface area contributed by atoms with Crippen LogP contribution in [0.1, 0.15) is 25.1 Å². The highest BCUT2D eigenvalue weighted by Crippen LogP contribution is 2.18. The van der Waals surface area contributed by atoms with Crippen LogP contribution < -0.4 is 5.43 Å². The fourth-order valence-corrected chi connectivity index (χ4v) is 2.33. The van der Waals surface area contributed by atoms with Crippen LogP contribution in [-0.2, 0) is 6.54 Å². The molecule has 0 atom stereocenters. The number of hydrogen-bond donors (Lipinski definition) is 0. The van der Waals surface area contributed by atoms with Crippen LogP contribution in [0.4, 0.5) is 0 Å². The van der Waals surface area contributed by atoms with Crippen LogP contribution in [0.3, 0.4) is 0 Å². The highest BCUT2D eigenvalue weighted by Gasteiger charge is 2.11. The summed E-state index contributed by atoms with van der Waals surface area (Å²) in [6.07, 6.45) is 5.48. The summed E-state index contributed by atoms with van der Waals surface area (Å²) in [6, 6.07) is 7.66. The molecule has 0 amide bonds. The third kappa shape index (κ3) is 2.37. The van der Waals surface area contributed by atoms with Crippen molar-refractivity contribution in [2.75, 3.05) is 0 Å². The highest BCUT2D eigenvalue weighted by atomic mass is 16.1. The lowest BCUT2D eigenvalue weighted by molar-refractivity contribution is 0.832. The van der Waals surface area contributed by atoms with E-state index in [-0.39, 0.29) is 5.43 Å². The summed E-state index contributed by atoms with van der Waals surface area (Å²) in [5.41, 5.74) is 3.61. The van der Waals surface area contributed by atoms with Crippen molar-refractivity contribution in [3.63, 3.8) is 0 Å². The van der Waals surface area contributed by atoms with Crippen molar-refractivity contribution in [2.45, 2.75) is 20.4 Å². The number of rotatable bonds is 4. The molecule has 0 spiro atoms. The molecule has 0 saturated carbocycles. The predicted octanol–water partition coefficient (Wildman–Crippen LogP) is 4.25. The van der Waals surface area contributed by atoms with Gasteiger partial charge in [-0.05, 0) is 32.1 Å². The van der Waals surface area contributed by atoms with E-state index >= 15 is 0 Å². The number of pyridine rings is 1. The Morgan fingerprint density at radius 1 is 1.20 bits per heavy atom. The van der Waals surface area contributed by atoms with E-state index in [1.165, 1.54) is 5.57 Å². The minimum Gasteiger partial charge on any atom is -0.336 e. The fourth-order valence-electron chi connectivity index (χ4n) is 2.33. The van der Waals surface area contributed by atoms with Crippen LogP contribution >= 0.6 is 0 Å². The Balaban J connectivity index is 2.91. The van der Waals surface area contributed by atoms with Gasteiger partial charge in [-0.15, -0.1) is 0 Å². The number of nitrogens with zero attached hydrogens (tertiary/aromatic N) is 1. The zero-order chi connectivity index (χ0) is 14.7. The smallest absolute Gasteiger partial charge is 0.197 e. The molecule has 1 aromatic heterocycles. The van der Waals surface area contributed by atoms with Gasteiger partial charge in [0.1, 0.15) is 0 Å². The van der Waals surface area contributed by atoms with E-state index < -0.39 is 0 Å². The van der Waals surface area contributed by atoms with Crippen molar-refractivity contribution in [1.29, 1.82) is 0 Å². The van der Waals surface area contributed by atoms with Gasteiger partial charge in [0, 0.05) is 17.5 Å². The van der Waals surface area contributed by atoms with Gasteiger partial charge in [0.2, 0.25) is 0 Å². The zero-order valence-electron chi connectivity index (χ0n) is 12.0. The molecule has 0 saturated heterocycles. The van der Waals surface area contributed by atoms with Crippen LogP contribution in [0.25, 0.3) is 23.1 Å². The topological polar surface area (TPSA) is 22.0 Å². The molecule has 2 rings (SSSR count). The van der Waals surface area contributed by atoms with Gasteiger partial charge in [-0.3, -0.25) is 4.79 Å². The number of hydrogen-bond acceptors (Lipinski definition) is 1. The van der Waals surface area contributed by atoms with Crippen molar-refractivity contribution in [3.05, 3.63) is 70.6 Å². The van der Waals surface area contributed by atoms with E-state index in [4.69, 9.17) is 0 Å². The van der Waals surface area contributed by atoms with E-state index in [1.807, 2.05) is 24.3 Å². The van der Waals surface area contributed by atoms with Gasteiger partial charge in [0.15, 0.2) is 5.43 Å². The Morgan fingerprint density at radius 2 is 1.90 bits per heavy atom. The van der Waals surface area contributed by atoms with Crippen molar-refractivity contribution < 1.29 is 0 Å². The highest BCUT2D eigenvalue weighted by molar-refractivity contribution is 5.84. The average molecular weight is 265 g/mol. The average Bonchev–Trinajstić information content (AvgIpc) is 2.45. The maximum absolute atomic E-state index is 12.5. The second-order valence-corrected chi connectivity index (χ2v) is 4.95. The molecular weight excluding hydrogens is 246 g/mol. The monoisotopic (exact) mass is 265 g/mol. The minimum absolute atomic E-state index is 0.0129. The first-order valence-electron chi connectivity index (χ1n) is 6.64. The molecule has 2 nitrogen and oxygen atoms in total. The number of para-hydroxylation sites is 1. The maximum atomic E-state index is 12.5. The molecule has 0 aliphatic rings. The van der Waals surface area contributed by atoms with Gasteiger partial charge < -0.3 is 4.57 Å². The molecule has 0 unspecified atom stereocenters. The maximum Gasteiger partial charge on any atom is 0.197 e. The largest absolute Gasteiger partial charge is 0.336 e. The molecule has 102 valence electrons. The molecule has 0 aliphatic carbocycles. The molecule has 20 heavy (non-hydrogen) atoms. The van der Waals surface area contributed by atoms with Crippen molar-refractivity contribution in [1.82, 2.24) is 4.57 Å². The molecular formula is C18H19NO. The van der Waals surface area contributed by atoms with Gasteiger partial charge >= 0.3 is 0 Å². The molecule has 0 aliphatic heterocycles. The lowest BCUT2D eigenvalue weighted by Crippen LogP contribution is -2.16. The van der Waals surface area contributed by atoms with E-state index in [0.717, 1.165) is 16.6 Å². The van der Waals surface area contributed by atoms with E-state index in [0.29, 0.717) is 12.1 Å². The summed E-state index contributed by atoms with van der Waals surface area (Å²) in [5.74, 6) is 0. The van der Waals surface area contributed by atoms with Crippen LogP contribution in [0.2, 0.25) is 0 Å². The van der Waals surface area contributed by atoms with Crippen LogP contribution in [0.15, 0.2) is 53.9 Å². The third-order valence-corrected chi connectivity index (χ3v) is 3.33. The summed E-state index contributed by atoms with van der Waals surface area (Å²) in [7, 11) is 0. The lowest BCUT2D eigenvalue weighted by atomic mass is 10.1. The number of benzene rings is 1. The van der Waals surface area contributed by atoms with Gasteiger partial charge in [-0.1, -0.05) is 43.0 Å². The molecule has 0 fully saturated rings. The van der Waals surface area contributed by atoms with Gasteiger partial charge in [0.05, 0.1) is 11.2 Å². The van der Waals surface area contributed by atoms with Gasteiger partial charge in [-0.2, -0.15) is 0 Å². The van der Waals surface area contributed by atoms with Crippen molar-refractivity contribution in [2.24, 2.45) is 0 Å². The van der Waals surface area contributed by atoms with E-state index in [2.05, 4.69) is 37.6 Å². The van der Waals surface area contributed by atoms with Gasteiger partial charge in [0.25, 0.3) is 0 Å². The standard InChI is InChI=1S/C18H19NO/c1-5-14-16(6-2)19(12-11-13(3)4)17-10-8-7-9-15(17)18(14)20/h5-11H,1-2,12H2,3-4H3.